The molecule has 0 aliphatic carbocycles. The number of carbonyl (C=O) groups excluding carboxylic acids is 3. The van der Waals surface area contributed by atoms with Crippen molar-refractivity contribution in [2.75, 3.05) is 19.8 Å². The van der Waals surface area contributed by atoms with E-state index in [4.69, 9.17) is 13.8 Å². The number of phosphoric ester groups is 1. The number of phosphoric acid groups is 1. The van der Waals surface area contributed by atoms with Crippen LogP contribution < -0.4 is 5.32 Å². The first-order chi connectivity index (χ1) is 27.6. The number of ether oxygens (including phenoxy) is 1. The summed E-state index contributed by atoms with van der Waals surface area (Å²) in [4.78, 5) is 45.8. The summed E-state index contributed by atoms with van der Waals surface area (Å²) in [6.07, 6.45) is 36.8. The Balaban J connectivity index is 4.46. The third-order valence-electron chi connectivity index (χ3n) is 10.3. The summed E-state index contributed by atoms with van der Waals surface area (Å²) in [7, 11) is -4.52. The average Bonchev–Trinajstić information content (AvgIpc) is 3.17. The number of hydrogen-bond donors (Lipinski definition) is 2. The summed E-state index contributed by atoms with van der Waals surface area (Å²) in [5.74, 6) is -0.882. The van der Waals surface area contributed by atoms with Gasteiger partial charge in [0.2, 0.25) is 0 Å². The Morgan fingerprint density at radius 1 is 0.579 bits per heavy atom. The van der Waals surface area contributed by atoms with Crippen molar-refractivity contribution >= 4 is 25.5 Å². The van der Waals surface area contributed by atoms with Gasteiger partial charge in [0.1, 0.15) is 5.78 Å². The van der Waals surface area contributed by atoms with Crippen molar-refractivity contribution in [3.05, 3.63) is 0 Å². The van der Waals surface area contributed by atoms with E-state index in [0.717, 1.165) is 38.5 Å². The third kappa shape index (κ3) is 42.9. The number of nitrogens with one attached hydrogen (secondary N) is 1. The van der Waals surface area contributed by atoms with Crippen molar-refractivity contribution in [1.29, 1.82) is 0 Å². The van der Waals surface area contributed by atoms with Crippen LogP contribution in [-0.4, -0.2) is 48.4 Å². The molecule has 0 saturated heterocycles. The van der Waals surface area contributed by atoms with Crippen LogP contribution in [-0.2, 0) is 50.2 Å². The van der Waals surface area contributed by atoms with Crippen LogP contribution in [0.15, 0.2) is 0 Å². The van der Waals surface area contributed by atoms with Crippen LogP contribution in [0.4, 0.5) is 0 Å². The second-order valence-electron chi connectivity index (χ2n) is 16.1. The first-order valence-electron chi connectivity index (χ1n) is 23.4. The van der Waals surface area contributed by atoms with Gasteiger partial charge >= 0.3 is 247 Å². The molecule has 0 fully saturated rings. The van der Waals surface area contributed by atoms with Crippen LogP contribution in [0.1, 0.15) is 233 Å². The predicted octanol–water partition coefficient (Wildman–Crippen LogP) is 13.5. The number of carbonyl (C=O) groups is 3. The summed E-state index contributed by atoms with van der Waals surface area (Å²) in [6, 6.07) is 0. The Hall–Kier alpha value is -0.974. The molecule has 0 saturated carbocycles. The van der Waals surface area contributed by atoms with Crippen LogP contribution in [0.5, 0.6) is 0 Å². The van der Waals surface area contributed by atoms with Gasteiger partial charge in [-0.05, 0) is 6.92 Å². The maximum absolute atomic E-state index is 13.0. The zero-order valence-electron chi connectivity index (χ0n) is 36.9. The molecular formula is C45H88CoNO9P. The molecular weight excluding hydrogens is 788 g/mol. The number of esters is 1. The second kappa shape index (κ2) is 41.7. The van der Waals surface area contributed by atoms with Gasteiger partial charge in [-0.15, -0.1) is 0 Å². The van der Waals surface area contributed by atoms with Gasteiger partial charge in [-0.3, -0.25) is 0 Å². The van der Waals surface area contributed by atoms with Crippen molar-refractivity contribution in [3.8, 4) is 0 Å². The Kier molecular flexibility index (Phi) is 41.0. The van der Waals surface area contributed by atoms with E-state index in [2.05, 4.69) is 19.2 Å². The van der Waals surface area contributed by atoms with Crippen LogP contribution >= 0.6 is 7.82 Å². The molecule has 0 aromatic heterocycles. The van der Waals surface area contributed by atoms with E-state index < -0.39 is 40.1 Å². The molecule has 10 nitrogen and oxygen atoms in total. The fourth-order valence-corrected chi connectivity index (χ4v) is 9.13. The van der Waals surface area contributed by atoms with E-state index in [1.54, 1.807) is 0 Å². The van der Waals surface area contributed by atoms with E-state index in [1.165, 1.54) is 155 Å². The molecule has 0 heterocycles. The van der Waals surface area contributed by atoms with Crippen LogP contribution in [0, 0.1) is 0 Å². The van der Waals surface area contributed by atoms with Crippen molar-refractivity contribution < 1.29 is 55.1 Å². The first-order valence-corrected chi connectivity index (χ1v) is 26.8. The first kappa shape index (κ1) is 56.0. The van der Waals surface area contributed by atoms with Gasteiger partial charge < -0.3 is 4.79 Å². The number of amides is 1. The van der Waals surface area contributed by atoms with Crippen LogP contribution in [0.2, 0.25) is 10.7 Å². The van der Waals surface area contributed by atoms with Gasteiger partial charge in [0.25, 0.3) is 0 Å². The number of Topliss-reactive ketones (excluding diaryl/α,β-unsaturated/α-hetero) is 1. The standard InChI is InChI=1S/C28H53NO8P.C17H35.Co.O/c1-4-5-6-7-8-9-10-11-12-13-14-15-16-17-18-19-28(32)37-26(3)24-36-38(33,34)35-23-22-29-27(31)21-20-25(2)30;1-3-5-7-9-11-13-15-17-16-14-12-10-8-6-4-2;;/h26H,3-24H2,1-2H3,(H,29,31)(H,33,34);1,3-17H2,2H3;;. The van der Waals surface area contributed by atoms with Crippen molar-refractivity contribution in [2.24, 2.45) is 0 Å². The molecule has 0 radical (unpaired) electrons. The predicted molar refractivity (Wildman–Crippen MR) is 229 cm³/mol. The molecule has 0 rings (SSSR count). The molecule has 0 aliphatic rings. The molecule has 0 bridgehead atoms. The van der Waals surface area contributed by atoms with Gasteiger partial charge in [-0.2, -0.15) is 0 Å². The molecule has 57 heavy (non-hydrogen) atoms. The molecule has 2 atom stereocenters. The fourth-order valence-electron chi connectivity index (χ4n) is 6.75. The zero-order valence-corrected chi connectivity index (χ0v) is 38.9. The molecule has 0 aromatic carbocycles. The van der Waals surface area contributed by atoms with E-state index in [0.29, 0.717) is 11.8 Å². The average molecular weight is 877 g/mol. The molecule has 2 unspecified atom stereocenters. The van der Waals surface area contributed by atoms with E-state index >= 15 is 0 Å². The van der Waals surface area contributed by atoms with Crippen molar-refractivity contribution in [1.82, 2.24) is 5.32 Å². The Labute approximate surface area is 353 Å². The number of ketones is 1. The number of rotatable bonds is 45. The molecule has 341 valence electrons. The summed E-state index contributed by atoms with van der Waals surface area (Å²) in [5, 5.41) is 3.09. The molecule has 2 N–H and O–H groups in total. The minimum Gasteiger partial charge on any atom is -0.0654 e. The minimum atomic E-state index is -4.52. The fraction of sp³-hybridized carbons (Fsp3) is 0.933. The van der Waals surface area contributed by atoms with Crippen LogP contribution in [0.25, 0.3) is 0 Å². The molecule has 0 aromatic rings. The quantitative estimate of drug-likeness (QED) is 0.0347. The molecule has 0 spiro atoms. The molecule has 12 heteroatoms. The monoisotopic (exact) mass is 877 g/mol. The van der Waals surface area contributed by atoms with E-state index in [9.17, 15) is 27.7 Å². The summed E-state index contributed by atoms with van der Waals surface area (Å²) in [6.45, 7) is 5.18. The summed E-state index contributed by atoms with van der Waals surface area (Å²) < 4.78 is 41.4. The van der Waals surface area contributed by atoms with Crippen molar-refractivity contribution in [3.63, 3.8) is 0 Å². The normalized spacial score (nSPS) is 13.3. The third-order valence-corrected chi connectivity index (χ3v) is 13.2. The number of hydrogen-bond acceptors (Lipinski definition) is 8. The Morgan fingerprint density at radius 2 is 0.982 bits per heavy atom. The Bertz CT molecular complexity index is 983. The summed E-state index contributed by atoms with van der Waals surface area (Å²) in [5.41, 5.74) is 0. The van der Waals surface area contributed by atoms with Gasteiger partial charge in [0.15, 0.2) is 0 Å². The van der Waals surface area contributed by atoms with Crippen LogP contribution in [0.3, 0.4) is 0 Å². The smallest absolute Gasteiger partial charge is 0.0654 e. The zero-order chi connectivity index (χ0) is 42.1. The van der Waals surface area contributed by atoms with Gasteiger partial charge in [-0.1, -0.05) is 90.9 Å². The maximum atomic E-state index is 13.0. The molecule has 0 aliphatic heterocycles. The van der Waals surface area contributed by atoms with Gasteiger partial charge in [-0.25, -0.2) is 0 Å². The SMILES string of the molecule is CCCCCCCCCCCCCCCCCC(=O)OC(COP(=O)(O)OCCNC(=O)CCC(C)=O)[CH2][Co](=[O])[CH2]CCCCCCCCCCCCCCCC. The second-order valence-corrected chi connectivity index (χ2v) is 19.6. The molecule has 1 amide bonds. The topological polar surface area (TPSA) is 145 Å². The summed E-state index contributed by atoms with van der Waals surface area (Å²) >= 11 is -1.67. The van der Waals surface area contributed by atoms with E-state index in [1.807, 2.05) is 0 Å². The van der Waals surface area contributed by atoms with Crippen molar-refractivity contribution in [2.45, 2.75) is 249 Å². The van der Waals surface area contributed by atoms with E-state index in [-0.39, 0.29) is 49.5 Å². The Morgan fingerprint density at radius 3 is 1.40 bits per heavy atom. The number of unbranched alkanes of at least 4 members (excludes halogenated alkanes) is 28. The van der Waals surface area contributed by atoms with Gasteiger partial charge in [0, 0.05) is 0 Å². The minimum absolute atomic E-state index is 0.0343. The van der Waals surface area contributed by atoms with Gasteiger partial charge in [0.05, 0.1) is 0 Å².